The van der Waals surface area contributed by atoms with Gasteiger partial charge in [0.2, 0.25) is 0 Å². The molecule has 0 unspecified atom stereocenters. The van der Waals surface area contributed by atoms with E-state index in [0.717, 1.165) is 12.3 Å². The summed E-state index contributed by atoms with van der Waals surface area (Å²) in [7, 11) is 0. The maximum Gasteiger partial charge on any atom is 0.461 e. The molecule has 0 fully saturated rings. The van der Waals surface area contributed by atoms with Crippen LogP contribution in [0, 0.1) is 0 Å². The van der Waals surface area contributed by atoms with Gasteiger partial charge < -0.3 is 4.74 Å². The summed E-state index contributed by atoms with van der Waals surface area (Å²) in [5, 5.41) is 0. The zero-order valence-corrected chi connectivity index (χ0v) is 8.14. The molecule has 78 valence electrons. The highest BCUT2D eigenvalue weighted by Crippen LogP contribution is 2.27. The number of pyridine rings is 1. The lowest BCUT2D eigenvalue weighted by Crippen LogP contribution is -2.33. The Hall–Kier alpha value is -0.850. The lowest BCUT2D eigenvalue weighted by molar-refractivity contribution is -0.253. The van der Waals surface area contributed by atoms with Crippen LogP contribution in [0.25, 0.3) is 0 Å². The number of hydrogen-bond donors (Lipinski definition) is 0. The standard InChI is InChI=1S/C7H4BrF4NO/c8-5-2-1-4(3-13-5)14-7(11,12)6(9)10/h1-3,6H. The second kappa shape index (κ2) is 4.12. The number of hydrogen-bond acceptors (Lipinski definition) is 2. The van der Waals surface area contributed by atoms with E-state index in [1.165, 1.54) is 6.07 Å². The molecule has 0 N–H and O–H groups in total. The Balaban J connectivity index is 2.74. The highest BCUT2D eigenvalue weighted by molar-refractivity contribution is 9.10. The molecule has 0 aliphatic heterocycles. The van der Waals surface area contributed by atoms with E-state index >= 15 is 0 Å². The van der Waals surface area contributed by atoms with Crippen LogP contribution in [-0.2, 0) is 0 Å². The van der Waals surface area contributed by atoms with Gasteiger partial charge in [-0.25, -0.2) is 4.98 Å². The SMILES string of the molecule is FC(F)C(F)(F)Oc1ccc(Br)nc1. The van der Waals surface area contributed by atoms with Crippen LogP contribution in [0.2, 0.25) is 0 Å². The van der Waals surface area contributed by atoms with E-state index in [0.29, 0.717) is 4.60 Å². The fourth-order valence-corrected chi connectivity index (χ4v) is 0.859. The summed E-state index contributed by atoms with van der Waals surface area (Å²) < 4.78 is 52.1. The smallest absolute Gasteiger partial charge is 0.427 e. The van der Waals surface area contributed by atoms with Crippen molar-refractivity contribution in [3.8, 4) is 5.75 Å². The van der Waals surface area contributed by atoms with Crippen molar-refractivity contribution in [1.29, 1.82) is 0 Å². The normalized spacial score (nSPS) is 11.9. The first kappa shape index (κ1) is 11.2. The third kappa shape index (κ3) is 2.83. The first-order valence-corrected chi connectivity index (χ1v) is 4.17. The average molecular weight is 274 g/mol. The van der Waals surface area contributed by atoms with Gasteiger partial charge in [-0.05, 0) is 28.1 Å². The van der Waals surface area contributed by atoms with Gasteiger partial charge >= 0.3 is 12.5 Å². The molecule has 7 heteroatoms. The largest absolute Gasteiger partial charge is 0.461 e. The molecule has 0 bridgehead atoms. The highest BCUT2D eigenvalue weighted by Gasteiger charge is 2.43. The second-order valence-corrected chi connectivity index (χ2v) is 3.09. The van der Waals surface area contributed by atoms with Crippen molar-refractivity contribution in [3.63, 3.8) is 0 Å². The Morgan fingerprint density at radius 3 is 2.43 bits per heavy atom. The third-order valence-corrected chi connectivity index (χ3v) is 1.68. The van der Waals surface area contributed by atoms with E-state index in [2.05, 4.69) is 25.7 Å². The van der Waals surface area contributed by atoms with Crippen molar-refractivity contribution in [1.82, 2.24) is 4.98 Å². The van der Waals surface area contributed by atoms with Crippen LogP contribution in [0.5, 0.6) is 5.75 Å². The summed E-state index contributed by atoms with van der Waals surface area (Å²) in [6.07, 6.45) is -7.44. The van der Waals surface area contributed by atoms with E-state index in [9.17, 15) is 17.6 Å². The Kier molecular flexibility index (Phi) is 3.30. The Morgan fingerprint density at radius 1 is 1.36 bits per heavy atom. The van der Waals surface area contributed by atoms with Gasteiger partial charge in [-0.15, -0.1) is 0 Å². The van der Waals surface area contributed by atoms with Crippen molar-refractivity contribution < 1.29 is 22.3 Å². The van der Waals surface area contributed by atoms with E-state index in [1.807, 2.05) is 0 Å². The maximum atomic E-state index is 12.3. The molecule has 0 atom stereocenters. The predicted octanol–water partition coefficient (Wildman–Crippen LogP) is 3.08. The van der Waals surface area contributed by atoms with Gasteiger partial charge in [0.1, 0.15) is 10.4 Å². The highest BCUT2D eigenvalue weighted by atomic mass is 79.9. The van der Waals surface area contributed by atoms with Gasteiger partial charge in [0.25, 0.3) is 0 Å². The first-order valence-electron chi connectivity index (χ1n) is 3.38. The fraction of sp³-hybridized carbons (Fsp3) is 0.286. The minimum atomic E-state index is -4.49. The molecule has 14 heavy (non-hydrogen) atoms. The zero-order valence-electron chi connectivity index (χ0n) is 6.55. The zero-order chi connectivity index (χ0) is 10.8. The van der Waals surface area contributed by atoms with Crippen LogP contribution in [0.15, 0.2) is 22.9 Å². The lowest BCUT2D eigenvalue weighted by atomic mass is 10.4. The van der Waals surface area contributed by atoms with Crippen LogP contribution in [0.3, 0.4) is 0 Å². The average Bonchev–Trinajstić information content (AvgIpc) is 2.08. The Labute approximate surface area is 85.0 Å². The van der Waals surface area contributed by atoms with E-state index in [1.54, 1.807) is 0 Å². The van der Waals surface area contributed by atoms with Gasteiger partial charge in [0.15, 0.2) is 0 Å². The van der Waals surface area contributed by atoms with Gasteiger partial charge in [0.05, 0.1) is 6.20 Å². The van der Waals surface area contributed by atoms with Gasteiger partial charge in [0, 0.05) is 0 Å². The molecule has 0 spiro atoms. The molecule has 1 heterocycles. The molecular weight excluding hydrogens is 270 g/mol. The van der Waals surface area contributed by atoms with Crippen molar-refractivity contribution in [2.75, 3.05) is 0 Å². The second-order valence-electron chi connectivity index (χ2n) is 2.28. The Morgan fingerprint density at radius 2 is 2.00 bits per heavy atom. The first-order chi connectivity index (χ1) is 6.42. The number of rotatable bonds is 3. The predicted molar refractivity (Wildman–Crippen MR) is 43.5 cm³/mol. The molecule has 0 aromatic carbocycles. The van der Waals surface area contributed by atoms with E-state index < -0.39 is 18.3 Å². The molecule has 0 saturated carbocycles. The molecule has 0 aliphatic rings. The van der Waals surface area contributed by atoms with Gasteiger partial charge in [-0.1, -0.05) is 0 Å². The van der Waals surface area contributed by atoms with Crippen LogP contribution in [-0.4, -0.2) is 17.5 Å². The number of aromatic nitrogens is 1. The lowest BCUT2D eigenvalue weighted by Gasteiger charge is -2.16. The third-order valence-electron chi connectivity index (χ3n) is 1.21. The molecule has 0 amide bonds. The monoisotopic (exact) mass is 273 g/mol. The van der Waals surface area contributed by atoms with Crippen molar-refractivity contribution in [2.24, 2.45) is 0 Å². The fourth-order valence-electron chi connectivity index (χ4n) is 0.624. The van der Waals surface area contributed by atoms with E-state index in [-0.39, 0.29) is 0 Å². The molecule has 0 aliphatic carbocycles. The van der Waals surface area contributed by atoms with Gasteiger partial charge in [-0.3, -0.25) is 0 Å². The van der Waals surface area contributed by atoms with Crippen LogP contribution >= 0.6 is 15.9 Å². The molecule has 1 aromatic rings. The summed E-state index contributed by atoms with van der Waals surface area (Å²) in [4.78, 5) is 3.54. The molecule has 0 radical (unpaired) electrons. The molecule has 1 rings (SSSR count). The van der Waals surface area contributed by atoms with Gasteiger partial charge in [-0.2, -0.15) is 17.6 Å². The summed E-state index contributed by atoms with van der Waals surface area (Å²) in [5.41, 5.74) is 0. The minimum Gasteiger partial charge on any atom is -0.427 e. The number of ether oxygens (including phenoxy) is 1. The molecular formula is C7H4BrF4NO. The summed E-state index contributed by atoms with van der Waals surface area (Å²) in [5.74, 6) is -0.418. The van der Waals surface area contributed by atoms with Crippen LogP contribution in [0.4, 0.5) is 17.6 Å². The molecule has 1 aromatic heterocycles. The van der Waals surface area contributed by atoms with Crippen molar-refractivity contribution >= 4 is 15.9 Å². The summed E-state index contributed by atoms with van der Waals surface area (Å²) >= 11 is 2.95. The quantitative estimate of drug-likeness (QED) is 0.624. The number of alkyl halides is 4. The van der Waals surface area contributed by atoms with E-state index in [4.69, 9.17) is 0 Å². The number of halogens is 5. The van der Waals surface area contributed by atoms with Crippen molar-refractivity contribution in [3.05, 3.63) is 22.9 Å². The minimum absolute atomic E-state index is 0.394. The maximum absolute atomic E-state index is 12.3. The topological polar surface area (TPSA) is 22.1 Å². The van der Waals surface area contributed by atoms with Crippen molar-refractivity contribution in [2.45, 2.75) is 12.5 Å². The van der Waals surface area contributed by atoms with Crippen LogP contribution in [0.1, 0.15) is 0 Å². The molecule has 2 nitrogen and oxygen atoms in total. The summed E-state index contributed by atoms with van der Waals surface area (Å²) in [6, 6.07) is 2.41. The Bertz CT molecular complexity index is 303. The van der Waals surface area contributed by atoms with Crippen LogP contribution < -0.4 is 4.74 Å². The number of nitrogens with zero attached hydrogens (tertiary/aromatic N) is 1. The molecule has 0 saturated heterocycles. The summed E-state index contributed by atoms with van der Waals surface area (Å²) in [6.45, 7) is 0.